The molecule has 2 aromatic carbocycles. The third-order valence-electron chi connectivity index (χ3n) is 4.09. The third-order valence-corrected chi connectivity index (χ3v) is 7.42. The summed E-state index contributed by atoms with van der Waals surface area (Å²) in [5.41, 5.74) is 0.543. The van der Waals surface area contributed by atoms with E-state index in [4.69, 9.17) is 4.74 Å². The van der Waals surface area contributed by atoms with Crippen molar-refractivity contribution in [2.24, 2.45) is 0 Å². The molecular formula is C19H17FO5S2. The highest BCUT2D eigenvalue weighted by Gasteiger charge is 2.29. The summed E-state index contributed by atoms with van der Waals surface area (Å²) in [7, 11) is -3.01. The molecule has 0 radical (unpaired) electrons. The lowest BCUT2D eigenvalue weighted by molar-refractivity contribution is 0.0471. The van der Waals surface area contributed by atoms with Gasteiger partial charge in [-0.2, -0.15) is 0 Å². The Kier molecular flexibility index (Phi) is 5.96. The number of hydrogen-bond donors (Lipinski definition) is 0. The first-order valence-electron chi connectivity index (χ1n) is 8.26. The molecule has 0 aliphatic carbocycles. The zero-order valence-corrected chi connectivity index (χ0v) is 15.9. The average molecular weight is 408 g/mol. The van der Waals surface area contributed by atoms with Gasteiger partial charge >= 0.3 is 5.97 Å². The third kappa shape index (κ3) is 5.17. The zero-order chi connectivity index (χ0) is 19.4. The van der Waals surface area contributed by atoms with E-state index in [2.05, 4.69) is 0 Å². The Morgan fingerprint density at radius 3 is 2.48 bits per heavy atom. The number of Topliss-reactive ketones (excluding diaryl/α,β-unsaturated/α-hetero) is 1. The number of carbonyl (C=O) groups excluding carboxylic acids is 2. The number of benzene rings is 2. The molecule has 1 fully saturated rings. The molecule has 5 nitrogen and oxygen atoms in total. The van der Waals surface area contributed by atoms with Crippen LogP contribution in [-0.4, -0.2) is 43.5 Å². The standard InChI is InChI=1S/C19H17FO5S2/c20-14-7-5-13(6-8-14)17(21)11-25-19(22)16-3-1-2-4-18(16)26-15-9-10-27(23,24)12-15/h1-8,15H,9-12H2/t15-/m0/s1. The van der Waals surface area contributed by atoms with Crippen molar-refractivity contribution in [2.75, 3.05) is 18.1 Å². The van der Waals surface area contributed by atoms with E-state index in [0.29, 0.717) is 16.9 Å². The van der Waals surface area contributed by atoms with Gasteiger partial charge in [-0.1, -0.05) is 12.1 Å². The van der Waals surface area contributed by atoms with Crippen molar-refractivity contribution in [1.29, 1.82) is 0 Å². The lowest BCUT2D eigenvalue weighted by atomic mass is 10.1. The number of hydrogen-bond acceptors (Lipinski definition) is 6. The van der Waals surface area contributed by atoms with Crippen LogP contribution in [0, 0.1) is 5.82 Å². The van der Waals surface area contributed by atoms with Crippen molar-refractivity contribution in [3.63, 3.8) is 0 Å². The highest BCUT2D eigenvalue weighted by atomic mass is 32.2. The van der Waals surface area contributed by atoms with Gasteiger partial charge in [0, 0.05) is 15.7 Å². The minimum Gasteiger partial charge on any atom is -0.454 e. The van der Waals surface area contributed by atoms with E-state index in [1.165, 1.54) is 23.9 Å². The largest absolute Gasteiger partial charge is 0.454 e. The molecule has 142 valence electrons. The summed E-state index contributed by atoms with van der Waals surface area (Å²) in [6, 6.07) is 11.7. The summed E-state index contributed by atoms with van der Waals surface area (Å²) in [6.45, 7) is -0.457. The van der Waals surface area contributed by atoms with E-state index < -0.39 is 34.0 Å². The Morgan fingerprint density at radius 1 is 1.11 bits per heavy atom. The fourth-order valence-corrected chi connectivity index (χ4v) is 6.32. The van der Waals surface area contributed by atoms with Gasteiger partial charge in [-0.05, 0) is 42.8 Å². The smallest absolute Gasteiger partial charge is 0.339 e. The number of thioether (sulfide) groups is 1. The van der Waals surface area contributed by atoms with Crippen LogP contribution in [0.1, 0.15) is 27.1 Å². The van der Waals surface area contributed by atoms with Crippen molar-refractivity contribution < 1.29 is 27.1 Å². The molecule has 3 rings (SSSR count). The number of ether oxygens (including phenoxy) is 1. The summed E-state index contributed by atoms with van der Waals surface area (Å²) < 4.78 is 41.2. The van der Waals surface area contributed by atoms with E-state index in [9.17, 15) is 22.4 Å². The van der Waals surface area contributed by atoms with Crippen molar-refractivity contribution >= 4 is 33.4 Å². The van der Waals surface area contributed by atoms with Crippen LogP contribution in [0.3, 0.4) is 0 Å². The minimum atomic E-state index is -3.01. The summed E-state index contributed by atoms with van der Waals surface area (Å²) in [4.78, 5) is 25.1. The van der Waals surface area contributed by atoms with Crippen LogP contribution in [-0.2, 0) is 14.6 Å². The van der Waals surface area contributed by atoms with E-state index in [-0.39, 0.29) is 22.3 Å². The number of ketones is 1. The quantitative estimate of drug-likeness (QED) is 0.540. The van der Waals surface area contributed by atoms with Crippen molar-refractivity contribution in [3.05, 3.63) is 65.5 Å². The molecule has 0 bridgehead atoms. The van der Waals surface area contributed by atoms with Crippen molar-refractivity contribution in [3.8, 4) is 0 Å². The highest BCUT2D eigenvalue weighted by molar-refractivity contribution is 8.02. The molecule has 0 aromatic heterocycles. The molecule has 1 aliphatic rings. The maximum atomic E-state index is 12.9. The molecule has 0 unspecified atom stereocenters. The molecule has 1 heterocycles. The fourth-order valence-electron chi connectivity index (χ4n) is 2.70. The van der Waals surface area contributed by atoms with Gasteiger partial charge in [-0.25, -0.2) is 17.6 Å². The molecule has 0 spiro atoms. The Hall–Kier alpha value is -2.19. The molecule has 1 aliphatic heterocycles. The van der Waals surface area contributed by atoms with Gasteiger partial charge < -0.3 is 4.74 Å². The maximum Gasteiger partial charge on any atom is 0.339 e. The molecule has 0 N–H and O–H groups in total. The predicted octanol–water partition coefficient (Wildman–Crippen LogP) is 3.14. The Morgan fingerprint density at radius 2 is 1.81 bits per heavy atom. The van der Waals surface area contributed by atoms with Crippen LogP contribution in [0.25, 0.3) is 0 Å². The monoisotopic (exact) mass is 408 g/mol. The van der Waals surface area contributed by atoms with E-state index in [1.807, 2.05) is 0 Å². The SMILES string of the molecule is O=C(COC(=O)c1ccccc1S[C@H]1CCS(=O)(=O)C1)c1ccc(F)cc1. The number of sulfone groups is 1. The molecule has 27 heavy (non-hydrogen) atoms. The van der Waals surface area contributed by atoms with Crippen LogP contribution in [0.5, 0.6) is 0 Å². The van der Waals surface area contributed by atoms with Crippen LogP contribution in [0.2, 0.25) is 0 Å². The Bertz CT molecular complexity index is 954. The topological polar surface area (TPSA) is 77.5 Å². The molecule has 0 amide bonds. The van der Waals surface area contributed by atoms with Crippen LogP contribution < -0.4 is 0 Å². The van der Waals surface area contributed by atoms with Gasteiger partial charge in [-0.3, -0.25) is 4.79 Å². The summed E-state index contributed by atoms with van der Waals surface area (Å²) in [6.07, 6.45) is 0.541. The molecule has 2 aromatic rings. The minimum absolute atomic E-state index is 0.0874. The van der Waals surface area contributed by atoms with Gasteiger partial charge in [0.15, 0.2) is 22.2 Å². The highest BCUT2D eigenvalue weighted by Crippen LogP contribution is 2.33. The molecule has 1 atom stereocenters. The van der Waals surface area contributed by atoms with Crippen molar-refractivity contribution in [2.45, 2.75) is 16.6 Å². The second-order valence-corrected chi connectivity index (χ2v) is 9.72. The van der Waals surface area contributed by atoms with Gasteiger partial charge in [0.05, 0.1) is 17.1 Å². The zero-order valence-electron chi connectivity index (χ0n) is 14.3. The summed E-state index contributed by atoms with van der Waals surface area (Å²) in [5.74, 6) is -1.30. The van der Waals surface area contributed by atoms with Gasteiger partial charge in [0.25, 0.3) is 0 Å². The second kappa shape index (κ2) is 8.22. The molecular weight excluding hydrogens is 391 g/mol. The van der Waals surface area contributed by atoms with E-state index in [0.717, 1.165) is 12.1 Å². The normalized spacial score (nSPS) is 18.2. The van der Waals surface area contributed by atoms with Crippen molar-refractivity contribution in [1.82, 2.24) is 0 Å². The molecule has 0 saturated carbocycles. The first-order valence-corrected chi connectivity index (χ1v) is 11.0. The molecule has 8 heteroatoms. The van der Waals surface area contributed by atoms with E-state index in [1.54, 1.807) is 24.3 Å². The number of rotatable bonds is 6. The van der Waals surface area contributed by atoms with Crippen LogP contribution in [0.4, 0.5) is 4.39 Å². The van der Waals surface area contributed by atoms with Crippen LogP contribution >= 0.6 is 11.8 Å². The van der Waals surface area contributed by atoms with Gasteiger partial charge in [0.1, 0.15) is 5.82 Å². The fraction of sp³-hybridized carbons (Fsp3) is 0.263. The number of carbonyl (C=O) groups is 2. The number of esters is 1. The second-order valence-electron chi connectivity index (χ2n) is 6.15. The first kappa shape index (κ1) is 19.6. The lowest BCUT2D eigenvalue weighted by Gasteiger charge is -2.12. The summed E-state index contributed by atoms with van der Waals surface area (Å²) in [5, 5.41) is -0.107. The summed E-state index contributed by atoms with van der Waals surface area (Å²) >= 11 is 1.33. The maximum absolute atomic E-state index is 12.9. The Balaban J connectivity index is 1.64. The number of halogens is 1. The van der Waals surface area contributed by atoms with Crippen LogP contribution in [0.15, 0.2) is 53.4 Å². The van der Waals surface area contributed by atoms with Gasteiger partial charge in [0.2, 0.25) is 0 Å². The van der Waals surface area contributed by atoms with E-state index >= 15 is 0 Å². The molecule has 1 saturated heterocycles. The van der Waals surface area contributed by atoms with Gasteiger partial charge in [-0.15, -0.1) is 11.8 Å². The Labute approximate surface area is 160 Å². The lowest BCUT2D eigenvalue weighted by Crippen LogP contribution is -2.15. The first-order chi connectivity index (χ1) is 12.8. The predicted molar refractivity (Wildman–Crippen MR) is 100 cm³/mol. The average Bonchev–Trinajstić information content (AvgIpc) is 2.99.